The number of allylic oxidation sites excluding steroid dienone is 2. The lowest BCUT2D eigenvalue weighted by Gasteiger charge is -2.58. The topological polar surface area (TPSA) is 36.8 Å². The first-order valence-electron chi connectivity index (χ1n) is 11.5. The zero-order valence-electron chi connectivity index (χ0n) is 19.8. The van der Waals surface area contributed by atoms with Crippen molar-refractivity contribution < 1.29 is 4.74 Å². The highest BCUT2D eigenvalue weighted by molar-refractivity contribution is 5.45. The Hall–Kier alpha value is -1.89. The Labute approximate surface area is 187 Å². The Balaban J connectivity index is 1.48. The monoisotopic (exact) mass is 425 g/mol. The molecule has 2 aliphatic heterocycles. The van der Waals surface area contributed by atoms with E-state index in [-0.39, 0.29) is 5.54 Å². The summed E-state index contributed by atoms with van der Waals surface area (Å²) >= 11 is 0. The summed E-state index contributed by atoms with van der Waals surface area (Å²) in [5, 5.41) is 5.12. The van der Waals surface area contributed by atoms with Crippen LogP contribution in [0.3, 0.4) is 0 Å². The number of anilines is 1. The van der Waals surface area contributed by atoms with Crippen molar-refractivity contribution in [1.29, 1.82) is 0 Å². The molecule has 0 bridgehead atoms. The smallest absolute Gasteiger partial charge is 0.151 e. The number of rotatable bonds is 8. The quantitative estimate of drug-likeness (QED) is 0.598. The van der Waals surface area contributed by atoms with E-state index in [2.05, 4.69) is 59.5 Å². The van der Waals surface area contributed by atoms with E-state index in [4.69, 9.17) is 9.84 Å². The Morgan fingerprint density at radius 2 is 2.00 bits per heavy atom. The van der Waals surface area contributed by atoms with Crippen LogP contribution >= 0.6 is 0 Å². The Morgan fingerprint density at radius 1 is 1.26 bits per heavy atom. The van der Waals surface area contributed by atoms with E-state index in [9.17, 15) is 0 Å². The van der Waals surface area contributed by atoms with E-state index in [0.717, 1.165) is 32.0 Å². The summed E-state index contributed by atoms with van der Waals surface area (Å²) in [4.78, 5) is 7.38. The zero-order chi connectivity index (χ0) is 22.2. The van der Waals surface area contributed by atoms with Gasteiger partial charge in [-0.1, -0.05) is 31.4 Å². The summed E-state index contributed by atoms with van der Waals surface area (Å²) in [6, 6.07) is 2.82. The third-order valence-corrected chi connectivity index (χ3v) is 7.39. The highest BCUT2D eigenvalue weighted by Gasteiger charge is 2.52. The first-order valence-corrected chi connectivity index (χ1v) is 11.5. The minimum absolute atomic E-state index is 0.128. The molecule has 1 aliphatic carbocycles. The Bertz CT molecular complexity index is 844. The second kappa shape index (κ2) is 8.57. The molecule has 0 amide bonds. The summed E-state index contributed by atoms with van der Waals surface area (Å²) in [6.07, 6.45) is 8.34. The fraction of sp³-hybridized carbons (Fsp3) is 0.640. The molecule has 3 aliphatic rings. The number of hydrogen-bond acceptors (Lipinski definition) is 5. The van der Waals surface area contributed by atoms with Gasteiger partial charge in [-0.25, -0.2) is 0 Å². The van der Waals surface area contributed by atoms with E-state index in [1.54, 1.807) is 7.11 Å². The Kier molecular flexibility index (Phi) is 6.16. The van der Waals surface area contributed by atoms with E-state index < -0.39 is 0 Å². The van der Waals surface area contributed by atoms with Gasteiger partial charge in [-0.05, 0) is 44.7 Å². The standard InChI is InChI=1S/C25H39N5O/c1-7-9-21(8-2)15-28-10-11-29(24(4,16-28)19-31-6)23-12-20(3)30(26-23)22-13-25(14-22)17-27(5)18-25/h7-9,12,22H,1-2,10-11,13-19H2,3-6H3/b21-9+. The first kappa shape index (κ1) is 22.3. The maximum absolute atomic E-state index is 5.68. The lowest BCUT2D eigenvalue weighted by Crippen LogP contribution is -2.63. The van der Waals surface area contributed by atoms with Crippen LogP contribution in [0.2, 0.25) is 0 Å². The van der Waals surface area contributed by atoms with E-state index in [1.807, 2.05) is 18.2 Å². The molecule has 1 saturated carbocycles. The van der Waals surface area contributed by atoms with Gasteiger partial charge in [-0.3, -0.25) is 9.58 Å². The predicted molar refractivity (Wildman–Crippen MR) is 128 cm³/mol. The number of aromatic nitrogens is 2. The average Bonchev–Trinajstić information content (AvgIpc) is 3.04. The van der Waals surface area contributed by atoms with Gasteiger partial charge in [0.1, 0.15) is 0 Å². The molecule has 0 radical (unpaired) electrons. The van der Waals surface area contributed by atoms with Crippen LogP contribution in [0, 0.1) is 12.3 Å². The van der Waals surface area contributed by atoms with Gasteiger partial charge in [0, 0.05) is 58.1 Å². The molecule has 1 atom stereocenters. The number of ether oxygens (including phenoxy) is 1. The summed E-state index contributed by atoms with van der Waals surface area (Å²) in [7, 11) is 4.01. The highest BCUT2D eigenvalue weighted by Crippen LogP contribution is 2.53. The van der Waals surface area contributed by atoms with E-state index in [0.29, 0.717) is 18.1 Å². The number of hydrogen-bond donors (Lipinski definition) is 0. The molecule has 4 rings (SSSR count). The van der Waals surface area contributed by atoms with Gasteiger partial charge < -0.3 is 14.5 Å². The predicted octanol–water partition coefficient (Wildman–Crippen LogP) is 3.28. The normalized spacial score (nSPS) is 27.2. The molecule has 0 aromatic carbocycles. The lowest BCUT2D eigenvalue weighted by molar-refractivity contribution is -0.0790. The van der Waals surface area contributed by atoms with Crippen molar-refractivity contribution in [2.45, 2.75) is 38.3 Å². The average molecular weight is 426 g/mol. The molecular weight excluding hydrogens is 386 g/mol. The van der Waals surface area contributed by atoms with Crippen molar-refractivity contribution in [3.05, 3.63) is 48.7 Å². The zero-order valence-corrected chi connectivity index (χ0v) is 19.8. The summed E-state index contributed by atoms with van der Waals surface area (Å²) in [6.45, 7) is 19.2. The van der Waals surface area contributed by atoms with Crippen LogP contribution in [0.4, 0.5) is 5.82 Å². The third kappa shape index (κ3) is 4.26. The van der Waals surface area contributed by atoms with Crippen molar-refractivity contribution in [1.82, 2.24) is 19.6 Å². The van der Waals surface area contributed by atoms with Crippen LogP contribution in [0.1, 0.15) is 31.5 Å². The lowest BCUT2D eigenvalue weighted by atomic mass is 9.61. The van der Waals surface area contributed by atoms with Gasteiger partial charge in [-0.2, -0.15) is 5.10 Å². The molecular formula is C25H39N5O. The van der Waals surface area contributed by atoms with Crippen LogP contribution in [0.15, 0.2) is 43.0 Å². The first-order chi connectivity index (χ1) is 14.8. The highest BCUT2D eigenvalue weighted by atomic mass is 16.5. The minimum Gasteiger partial charge on any atom is -0.382 e. The molecule has 0 N–H and O–H groups in total. The number of aryl methyl sites for hydroxylation is 1. The minimum atomic E-state index is -0.128. The van der Waals surface area contributed by atoms with Gasteiger partial charge in [0.05, 0.1) is 18.2 Å². The van der Waals surface area contributed by atoms with Crippen LogP contribution < -0.4 is 4.90 Å². The molecule has 1 unspecified atom stereocenters. The number of likely N-dealkylation sites (tertiary alicyclic amines) is 1. The fourth-order valence-corrected chi connectivity index (χ4v) is 6.16. The molecule has 3 fully saturated rings. The van der Waals surface area contributed by atoms with Crippen molar-refractivity contribution in [3.8, 4) is 0 Å². The van der Waals surface area contributed by atoms with Gasteiger partial charge in [0.15, 0.2) is 5.82 Å². The molecule has 31 heavy (non-hydrogen) atoms. The maximum atomic E-state index is 5.68. The number of nitrogens with zero attached hydrogens (tertiary/aromatic N) is 5. The second-order valence-electron chi connectivity index (χ2n) is 10.3. The van der Waals surface area contributed by atoms with Crippen molar-refractivity contribution in [2.75, 3.05) is 64.9 Å². The SMILES string of the molecule is C=C/C=C(\C=C)CN1CCN(c2cc(C)n(C3CC4(C3)CN(C)C4)n2)C(C)(COC)C1. The van der Waals surface area contributed by atoms with Crippen molar-refractivity contribution in [3.63, 3.8) is 0 Å². The maximum Gasteiger partial charge on any atom is 0.151 e. The molecule has 6 nitrogen and oxygen atoms in total. The van der Waals surface area contributed by atoms with Crippen LogP contribution in [-0.4, -0.2) is 85.2 Å². The summed E-state index contributed by atoms with van der Waals surface area (Å²) < 4.78 is 7.97. The molecule has 3 heterocycles. The van der Waals surface area contributed by atoms with Crippen molar-refractivity contribution >= 4 is 5.82 Å². The van der Waals surface area contributed by atoms with Gasteiger partial charge in [-0.15, -0.1) is 0 Å². The molecule has 1 spiro atoms. The largest absolute Gasteiger partial charge is 0.382 e. The van der Waals surface area contributed by atoms with Gasteiger partial charge >= 0.3 is 0 Å². The van der Waals surface area contributed by atoms with E-state index >= 15 is 0 Å². The molecule has 170 valence electrons. The molecule has 6 heteroatoms. The Morgan fingerprint density at radius 3 is 2.61 bits per heavy atom. The van der Waals surface area contributed by atoms with Crippen LogP contribution in [-0.2, 0) is 4.74 Å². The number of piperazine rings is 1. The molecule has 2 saturated heterocycles. The van der Waals surface area contributed by atoms with E-state index in [1.165, 1.54) is 37.2 Å². The van der Waals surface area contributed by atoms with Crippen LogP contribution in [0.25, 0.3) is 0 Å². The summed E-state index contributed by atoms with van der Waals surface area (Å²) in [5.41, 5.74) is 2.91. The molecule has 1 aromatic rings. The number of methoxy groups -OCH3 is 1. The third-order valence-electron chi connectivity index (χ3n) is 7.39. The summed E-state index contributed by atoms with van der Waals surface area (Å²) in [5.74, 6) is 1.09. The van der Waals surface area contributed by atoms with Gasteiger partial charge in [0.25, 0.3) is 0 Å². The fourth-order valence-electron chi connectivity index (χ4n) is 6.16. The van der Waals surface area contributed by atoms with Crippen LogP contribution in [0.5, 0.6) is 0 Å². The molecule has 1 aromatic heterocycles. The van der Waals surface area contributed by atoms with Gasteiger partial charge in [0.2, 0.25) is 0 Å². The van der Waals surface area contributed by atoms with Crippen molar-refractivity contribution in [2.24, 2.45) is 5.41 Å². The second-order valence-corrected chi connectivity index (χ2v) is 10.3.